The van der Waals surface area contributed by atoms with Gasteiger partial charge in [0, 0.05) is 18.6 Å². The van der Waals surface area contributed by atoms with E-state index in [2.05, 4.69) is 19.7 Å². The molecule has 132 valence electrons. The zero-order valence-electron chi connectivity index (χ0n) is 23.0. The van der Waals surface area contributed by atoms with Crippen LogP contribution in [0.5, 0.6) is 5.75 Å². The molecule has 0 radical (unpaired) electrons. The molecule has 3 rings (SSSR count). The molecule has 0 amide bonds. The van der Waals surface area contributed by atoms with Crippen LogP contribution in [0.15, 0.2) is 41.5 Å². The van der Waals surface area contributed by atoms with Crippen molar-refractivity contribution in [3.8, 4) is 5.75 Å². The van der Waals surface area contributed by atoms with Gasteiger partial charge in [-0.2, -0.15) is 13.2 Å². The van der Waals surface area contributed by atoms with E-state index in [9.17, 15) is 17.4 Å². The van der Waals surface area contributed by atoms with Gasteiger partial charge in [-0.25, -0.2) is 4.98 Å². The van der Waals surface area contributed by atoms with Crippen molar-refractivity contribution in [1.29, 1.82) is 0 Å². The zero-order valence-corrected chi connectivity index (χ0v) is 12.8. The highest BCUT2D eigenvalue weighted by Gasteiger charge is 2.29. The van der Waals surface area contributed by atoms with Crippen LogP contribution in [0.3, 0.4) is 0 Å². The highest BCUT2D eigenvalue weighted by molar-refractivity contribution is 7.84. The Morgan fingerprint density at radius 3 is 2.96 bits per heavy atom. The van der Waals surface area contributed by atoms with E-state index in [-0.39, 0.29) is 5.52 Å². The number of pyridine rings is 1. The number of hydrogen-bond acceptors (Lipinski definition) is 4. The van der Waals surface area contributed by atoms with E-state index < -0.39 is 100 Å². The van der Waals surface area contributed by atoms with Gasteiger partial charge in [0.05, 0.1) is 41.5 Å². The van der Waals surface area contributed by atoms with Gasteiger partial charge in [-0.3, -0.25) is 9.19 Å². The van der Waals surface area contributed by atoms with Crippen molar-refractivity contribution >= 4 is 21.8 Å². The highest BCUT2D eigenvalue weighted by atomic mass is 32.2. The van der Waals surface area contributed by atoms with Gasteiger partial charge in [0.15, 0.2) is 11.8 Å². The maximum absolute atomic E-state index is 13.2. The van der Waals surface area contributed by atoms with Crippen LogP contribution >= 0.6 is 0 Å². The van der Waals surface area contributed by atoms with Crippen LogP contribution in [0.4, 0.5) is 13.2 Å². The Balaban J connectivity index is 2.25. The van der Waals surface area contributed by atoms with E-state index in [1.807, 2.05) is 0 Å². The number of imidazole rings is 1. The molecule has 1 unspecified atom stereocenters. The second-order valence-corrected chi connectivity index (χ2v) is 5.57. The summed E-state index contributed by atoms with van der Waals surface area (Å²) in [5, 5.41) is -0.764. The molecule has 0 fully saturated rings. The number of aromatic nitrogens is 3. The van der Waals surface area contributed by atoms with E-state index in [0.717, 1.165) is 0 Å². The van der Waals surface area contributed by atoms with Crippen molar-refractivity contribution in [3.05, 3.63) is 47.6 Å². The summed E-state index contributed by atoms with van der Waals surface area (Å²) in [6, 6.07) is -3.76. The minimum atomic E-state index is -4.98. The quantitative estimate of drug-likeness (QED) is 0.735. The molecule has 0 bridgehead atoms. The maximum Gasteiger partial charge on any atom is 0.422 e. The summed E-state index contributed by atoms with van der Waals surface area (Å²) >= 11 is 0. The van der Waals surface area contributed by atoms with E-state index in [1.165, 1.54) is 0 Å². The summed E-state index contributed by atoms with van der Waals surface area (Å²) in [7, 11) is -3.05. The molecular weight excluding hydrogens is 355 g/mol. The molecule has 1 aromatic carbocycles. The number of fused-ring (bicyclic) bond motifs is 1. The average Bonchev–Trinajstić information content (AvgIpc) is 3.20. The first kappa shape index (κ1) is 8.31. The number of ether oxygens (including phenoxy) is 1. The normalized spacial score (nSPS) is 20.5. The molecular formula is C16H14F3N3O2S. The Morgan fingerprint density at radius 1 is 1.40 bits per heavy atom. The number of alkyl halides is 3. The Labute approximate surface area is 159 Å². The molecule has 0 aliphatic carbocycles. The topological polar surface area (TPSA) is 67.9 Å². The minimum Gasteiger partial charge on any atom is -0.484 e. The van der Waals surface area contributed by atoms with Gasteiger partial charge in [0.1, 0.15) is 5.75 Å². The molecule has 1 atom stereocenters. The van der Waals surface area contributed by atoms with E-state index in [4.69, 9.17) is 15.1 Å². The second-order valence-electron chi connectivity index (χ2n) is 4.44. The fourth-order valence-electron chi connectivity index (χ4n) is 1.64. The standard InChI is InChI=1S/C16H14F3N3O2S/c1-10-13(20-7-6-14(10)24-9-16(17,18)19)8-25(23)15-21-11-4-2-3-5-12(11)22-15/h2-7H,8-9H2,1H3,(H,21,22)/i1D3,2D,3D,4D,5D,6D,7D,8D2. The van der Waals surface area contributed by atoms with Gasteiger partial charge in [-0.05, 0) is 25.0 Å². The largest absolute Gasteiger partial charge is 0.484 e. The van der Waals surface area contributed by atoms with Gasteiger partial charge < -0.3 is 9.72 Å². The SMILES string of the molecule is [2H]c1nc(C([2H])([2H])S(=O)c2nc3c([2H])c([2H])c([2H])c([2H])c3[nH]2)c(C([2H])([2H])[2H])c(OCC(F)(F)F)c1[2H]. The second kappa shape index (κ2) is 6.83. The fourth-order valence-corrected chi connectivity index (χ4v) is 2.43. The Bertz CT molecular complexity index is 1350. The number of para-hydroxylation sites is 2. The molecule has 3 aromatic rings. The lowest BCUT2D eigenvalue weighted by molar-refractivity contribution is -0.153. The number of aromatic amines is 1. The molecule has 0 aliphatic rings. The molecule has 9 heteroatoms. The van der Waals surface area contributed by atoms with Crippen LogP contribution in [-0.2, 0) is 16.5 Å². The molecule has 2 heterocycles. The lowest BCUT2D eigenvalue weighted by atomic mass is 10.2. The van der Waals surface area contributed by atoms with Crippen molar-refractivity contribution in [2.75, 3.05) is 6.61 Å². The van der Waals surface area contributed by atoms with Gasteiger partial charge in [0.25, 0.3) is 0 Å². The van der Waals surface area contributed by atoms with Crippen LogP contribution < -0.4 is 4.74 Å². The Kier molecular flexibility index (Phi) is 2.27. The molecule has 0 spiro atoms. The number of nitrogens with one attached hydrogen (secondary N) is 1. The number of hydrogen-bond donors (Lipinski definition) is 1. The first-order valence-electron chi connectivity index (χ1n) is 11.9. The number of nitrogens with zero attached hydrogens (tertiary/aromatic N) is 2. The summed E-state index contributed by atoms with van der Waals surface area (Å²) < 4.78 is 142. The van der Waals surface area contributed by atoms with Crippen molar-refractivity contribution in [2.24, 2.45) is 0 Å². The summed E-state index contributed by atoms with van der Waals surface area (Å²) in [5.41, 5.74) is -6.66. The summed E-state index contributed by atoms with van der Waals surface area (Å²) in [6.45, 7) is -5.49. The predicted molar refractivity (Wildman–Crippen MR) is 86.7 cm³/mol. The molecule has 25 heavy (non-hydrogen) atoms. The van der Waals surface area contributed by atoms with E-state index >= 15 is 0 Å². The first-order valence-corrected chi connectivity index (χ1v) is 7.53. The van der Waals surface area contributed by atoms with Crippen molar-refractivity contribution in [2.45, 2.75) is 23.9 Å². The van der Waals surface area contributed by atoms with Crippen molar-refractivity contribution < 1.29 is 37.2 Å². The summed E-state index contributed by atoms with van der Waals surface area (Å²) in [6.07, 6.45) is -6.13. The van der Waals surface area contributed by atoms with Crippen LogP contribution in [0.2, 0.25) is 0 Å². The van der Waals surface area contributed by atoms with Crippen LogP contribution in [0.1, 0.15) is 26.3 Å². The molecule has 1 N–H and O–H groups in total. The molecule has 2 aromatic heterocycles. The predicted octanol–water partition coefficient (Wildman–Crippen LogP) is 3.52. The van der Waals surface area contributed by atoms with Gasteiger partial charge in [-0.15, -0.1) is 0 Å². The molecule has 5 nitrogen and oxygen atoms in total. The van der Waals surface area contributed by atoms with E-state index in [1.54, 1.807) is 0 Å². The van der Waals surface area contributed by atoms with Crippen LogP contribution in [-0.4, -0.2) is 31.9 Å². The Morgan fingerprint density at radius 2 is 2.20 bits per heavy atom. The van der Waals surface area contributed by atoms with Crippen LogP contribution in [0, 0.1) is 6.85 Å². The fraction of sp³-hybridized carbons (Fsp3) is 0.250. The maximum atomic E-state index is 13.2. The smallest absolute Gasteiger partial charge is 0.422 e. The van der Waals surface area contributed by atoms with Crippen LogP contribution in [0.25, 0.3) is 11.0 Å². The van der Waals surface area contributed by atoms with Gasteiger partial charge in [0.2, 0.25) is 0 Å². The number of halogens is 3. The third kappa shape index (κ3) is 4.16. The highest BCUT2D eigenvalue weighted by Crippen LogP contribution is 2.24. The van der Waals surface area contributed by atoms with Gasteiger partial charge >= 0.3 is 6.18 Å². The molecule has 0 aliphatic heterocycles. The third-order valence-corrected chi connectivity index (χ3v) is 3.58. The van der Waals surface area contributed by atoms with E-state index in [0.29, 0.717) is 0 Å². The number of benzene rings is 1. The zero-order chi connectivity index (χ0) is 27.5. The van der Waals surface area contributed by atoms with Crippen molar-refractivity contribution in [3.63, 3.8) is 0 Å². The summed E-state index contributed by atoms with van der Waals surface area (Å²) in [5.74, 6) is -1.28. The molecule has 0 saturated heterocycles. The average molecular weight is 380 g/mol. The Hall–Kier alpha value is -2.42. The first-order chi connectivity index (χ1) is 16.3. The van der Waals surface area contributed by atoms with Crippen molar-refractivity contribution in [1.82, 2.24) is 15.0 Å². The number of rotatable bonds is 5. The lowest BCUT2D eigenvalue weighted by Crippen LogP contribution is -2.19. The minimum absolute atomic E-state index is 0.332. The molecule has 0 saturated carbocycles. The monoisotopic (exact) mass is 380 g/mol. The number of H-pyrrole nitrogens is 1. The summed E-state index contributed by atoms with van der Waals surface area (Å²) in [4.78, 5) is 9.44. The third-order valence-electron chi connectivity index (χ3n) is 2.66. The van der Waals surface area contributed by atoms with Gasteiger partial charge in [-0.1, -0.05) is 12.1 Å². The lowest BCUT2D eigenvalue weighted by Gasteiger charge is -2.13.